The van der Waals surface area contributed by atoms with E-state index in [2.05, 4.69) is 217 Å². The van der Waals surface area contributed by atoms with Crippen LogP contribution < -0.4 is 4.90 Å². The first kappa shape index (κ1) is 31.9. The van der Waals surface area contributed by atoms with Gasteiger partial charge in [-0.1, -0.05) is 151 Å². The SMILES string of the molecule is Cc1ccc(N(c2ccc3c4ccccc4c4ccccc4c3c2)c2ccc3c4ccccc4n(-c4ccc5c6ccccc6c6ccccc6c5c4)c3c2)cc1. The number of hydrogen-bond acceptors (Lipinski definition) is 1. The van der Waals surface area contributed by atoms with Crippen molar-refractivity contribution in [3.8, 4) is 5.69 Å². The molecule has 0 aliphatic heterocycles. The van der Waals surface area contributed by atoms with Crippen LogP contribution >= 0.6 is 0 Å². The Hall–Kier alpha value is -7.42. The molecular formula is C55H36N2. The normalized spacial score (nSPS) is 11.9. The van der Waals surface area contributed by atoms with Gasteiger partial charge in [0.15, 0.2) is 0 Å². The molecule has 0 bridgehead atoms. The fraction of sp³-hybridized carbons (Fsp3) is 0.0182. The summed E-state index contributed by atoms with van der Waals surface area (Å²) in [5.74, 6) is 0. The van der Waals surface area contributed by atoms with Gasteiger partial charge < -0.3 is 9.47 Å². The van der Waals surface area contributed by atoms with E-state index in [1.165, 1.54) is 92.0 Å². The zero-order valence-electron chi connectivity index (χ0n) is 31.4. The van der Waals surface area contributed by atoms with E-state index in [-0.39, 0.29) is 0 Å². The van der Waals surface area contributed by atoms with Crippen LogP contribution in [0.3, 0.4) is 0 Å². The molecule has 12 rings (SSSR count). The van der Waals surface area contributed by atoms with Gasteiger partial charge in [0.05, 0.1) is 11.0 Å². The van der Waals surface area contributed by atoms with Crippen molar-refractivity contribution in [1.82, 2.24) is 4.57 Å². The van der Waals surface area contributed by atoms with E-state index in [4.69, 9.17) is 0 Å². The Morgan fingerprint density at radius 2 is 0.649 bits per heavy atom. The van der Waals surface area contributed by atoms with E-state index in [9.17, 15) is 0 Å². The van der Waals surface area contributed by atoms with Crippen molar-refractivity contribution < 1.29 is 0 Å². The number of aromatic nitrogens is 1. The molecule has 0 aliphatic rings. The molecule has 57 heavy (non-hydrogen) atoms. The molecule has 0 saturated carbocycles. The molecule has 0 atom stereocenters. The van der Waals surface area contributed by atoms with Crippen molar-refractivity contribution >= 4 is 104 Å². The zero-order valence-corrected chi connectivity index (χ0v) is 31.4. The zero-order chi connectivity index (χ0) is 37.6. The van der Waals surface area contributed by atoms with E-state index in [1.807, 2.05) is 0 Å². The van der Waals surface area contributed by atoms with E-state index < -0.39 is 0 Å². The molecule has 11 aromatic carbocycles. The van der Waals surface area contributed by atoms with Crippen molar-refractivity contribution in [3.63, 3.8) is 0 Å². The Morgan fingerprint density at radius 1 is 0.281 bits per heavy atom. The van der Waals surface area contributed by atoms with Gasteiger partial charge in [-0.3, -0.25) is 0 Å². The predicted octanol–water partition coefficient (Wildman–Crippen LogP) is 15.5. The quantitative estimate of drug-likeness (QED) is 0.164. The minimum Gasteiger partial charge on any atom is -0.310 e. The van der Waals surface area contributed by atoms with Gasteiger partial charge >= 0.3 is 0 Å². The molecule has 266 valence electrons. The molecule has 2 heteroatoms. The fourth-order valence-electron chi connectivity index (χ4n) is 9.59. The summed E-state index contributed by atoms with van der Waals surface area (Å²) in [4.78, 5) is 2.42. The molecule has 1 heterocycles. The summed E-state index contributed by atoms with van der Waals surface area (Å²) >= 11 is 0. The van der Waals surface area contributed by atoms with Gasteiger partial charge in [-0.15, -0.1) is 0 Å². The monoisotopic (exact) mass is 724 g/mol. The largest absolute Gasteiger partial charge is 0.310 e. The van der Waals surface area contributed by atoms with Crippen LogP contribution in [0.4, 0.5) is 17.1 Å². The summed E-state index contributed by atoms with van der Waals surface area (Å²) in [6, 6.07) is 74.1. The fourth-order valence-corrected chi connectivity index (χ4v) is 9.59. The highest BCUT2D eigenvalue weighted by Crippen LogP contribution is 2.44. The topological polar surface area (TPSA) is 8.17 Å². The number of nitrogens with zero attached hydrogens (tertiary/aromatic N) is 2. The maximum atomic E-state index is 2.46. The number of benzene rings is 11. The lowest BCUT2D eigenvalue weighted by Crippen LogP contribution is -2.10. The Morgan fingerprint density at radius 3 is 1.19 bits per heavy atom. The highest BCUT2D eigenvalue weighted by Gasteiger charge is 2.20. The third-order valence-electron chi connectivity index (χ3n) is 12.2. The van der Waals surface area contributed by atoms with Gasteiger partial charge in [-0.05, 0) is 126 Å². The van der Waals surface area contributed by atoms with Crippen LogP contribution in [0.2, 0.25) is 0 Å². The molecule has 12 aromatic rings. The first-order valence-electron chi connectivity index (χ1n) is 19.8. The highest BCUT2D eigenvalue weighted by atomic mass is 15.1. The minimum atomic E-state index is 1.11. The molecular weight excluding hydrogens is 689 g/mol. The second-order valence-electron chi connectivity index (χ2n) is 15.4. The van der Waals surface area contributed by atoms with Crippen LogP contribution in [0, 0.1) is 6.92 Å². The lowest BCUT2D eigenvalue weighted by atomic mass is 9.94. The lowest BCUT2D eigenvalue weighted by molar-refractivity contribution is 1.18. The average molecular weight is 725 g/mol. The second-order valence-corrected chi connectivity index (χ2v) is 15.4. The average Bonchev–Trinajstić information content (AvgIpc) is 3.61. The van der Waals surface area contributed by atoms with Crippen LogP contribution in [-0.2, 0) is 0 Å². The third-order valence-corrected chi connectivity index (χ3v) is 12.2. The number of anilines is 3. The molecule has 0 N–H and O–H groups in total. The van der Waals surface area contributed by atoms with Gasteiger partial charge in [0.25, 0.3) is 0 Å². The van der Waals surface area contributed by atoms with E-state index in [0.717, 1.165) is 22.7 Å². The number of para-hydroxylation sites is 1. The summed E-state index contributed by atoms with van der Waals surface area (Å²) in [7, 11) is 0. The van der Waals surface area contributed by atoms with E-state index >= 15 is 0 Å². The van der Waals surface area contributed by atoms with Crippen molar-refractivity contribution in [2.24, 2.45) is 0 Å². The molecule has 0 spiro atoms. The van der Waals surface area contributed by atoms with Gasteiger partial charge in [0.2, 0.25) is 0 Å². The molecule has 0 unspecified atom stereocenters. The van der Waals surface area contributed by atoms with Gasteiger partial charge in [-0.25, -0.2) is 0 Å². The van der Waals surface area contributed by atoms with Crippen LogP contribution in [0.25, 0.3) is 92.1 Å². The second kappa shape index (κ2) is 12.3. The summed E-state index contributed by atoms with van der Waals surface area (Å²) < 4.78 is 2.46. The maximum Gasteiger partial charge on any atom is 0.0561 e. The first-order chi connectivity index (χ1) is 28.2. The van der Waals surface area contributed by atoms with Gasteiger partial charge in [-0.2, -0.15) is 0 Å². The molecule has 0 amide bonds. The first-order valence-corrected chi connectivity index (χ1v) is 19.8. The van der Waals surface area contributed by atoms with Crippen LogP contribution in [0.15, 0.2) is 200 Å². The smallest absolute Gasteiger partial charge is 0.0561 e. The molecule has 0 aliphatic carbocycles. The number of aryl methyl sites for hydroxylation is 1. The van der Waals surface area contributed by atoms with Crippen molar-refractivity contribution in [3.05, 3.63) is 206 Å². The third kappa shape index (κ3) is 4.77. The van der Waals surface area contributed by atoms with Crippen LogP contribution in [-0.4, -0.2) is 4.57 Å². The Bertz CT molecular complexity index is 3520. The molecule has 0 radical (unpaired) electrons. The Balaban J connectivity index is 1.12. The summed E-state index contributed by atoms with van der Waals surface area (Å²) in [6.07, 6.45) is 0. The Kier molecular flexibility index (Phi) is 6.88. The van der Waals surface area contributed by atoms with Crippen LogP contribution in [0.1, 0.15) is 5.56 Å². The molecule has 0 fully saturated rings. The van der Waals surface area contributed by atoms with Crippen molar-refractivity contribution in [1.29, 1.82) is 0 Å². The molecule has 1 aromatic heterocycles. The van der Waals surface area contributed by atoms with Gasteiger partial charge in [0, 0.05) is 33.5 Å². The van der Waals surface area contributed by atoms with Gasteiger partial charge in [0.1, 0.15) is 0 Å². The van der Waals surface area contributed by atoms with E-state index in [1.54, 1.807) is 0 Å². The van der Waals surface area contributed by atoms with Crippen LogP contribution in [0.5, 0.6) is 0 Å². The van der Waals surface area contributed by atoms with Crippen molar-refractivity contribution in [2.75, 3.05) is 4.90 Å². The number of rotatable bonds is 4. The lowest BCUT2D eigenvalue weighted by Gasteiger charge is -2.26. The predicted molar refractivity (Wildman–Crippen MR) is 245 cm³/mol. The highest BCUT2D eigenvalue weighted by molar-refractivity contribution is 6.27. The standard InChI is InChI=1S/C55H36N2/c1-35-22-24-36(25-23-35)56(37-26-29-48-44-16-4-2-12-40(44)42-14-6-8-18-46(42)52(48)32-37)39-28-31-51-50-20-10-11-21-54(50)57(55(51)34-39)38-27-30-49-45-17-5-3-13-41(45)43-15-7-9-19-47(43)53(49)33-38/h2-34H,1H3. The summed E-state index contributed by atoms with van der Waals surface area (Å²) in [6.45, 7) is 2.15. The van der Waals surface area contributed by atoms with Crippen molar-refractivity contribution in [2.45, 2.75) is 6.92 Å². The number of fused-ring (bicyclic) bond motifs is 15. The minimum absolute atomic E-state index is 1.11. The molecule has 2 nitrogen and oxygen atoms in total. The molecule has 0 saturated heterocycles. The number of hydrogen-bond donors (Lipinski definition) is 0. The Labute approximate surface area is 330 Å². The summed E-state index contributed by atoms with van der Waals surface area (Å²) in [5.41, 5.74) is 8.11. The van der Waals surface area contributed by atoms with E-state index in [0.29, 0.717) is 0 Å². The maximum absolute atomic E-state index is 2.46. The summed E-state index contributed by atoms with van der Waals surface area (Å²) in [5, 5.41) is 17.8.